The lowest BCUT2D eigenvalue weighted by atomic mass is 10.2. The van der Waals surface area contributed by atoms with Gasteiger partial charge in [-0.05, 0) is 33.6 Å². The summed E-state index contributed by atoms with van der Waals surface area (Å²) < 4.78 is 11.5. The molecule has 0 aromatic rings. The second-order valence-electron chi connectivity index (χ2n) is 3.94. The first-order chi connectivity index (χ1) is 5.12. The summed E-state index contributed by atoms with van der Waals surface area (Å²) in [5, 5.41) is 0. The van der Waals surface area contributed by atoms with E-state index < -0.39 is 0 Å². The molecule has 1 aliphatic heterocycles. The van der Waals surface area contributed by atoms with Crippen molar-refractivity contribution in [3.8, 4) is 0 Å². The first kappa shape index (κ1) is 7.56. The summed E-state index contributed by atoms with van der Waals surface area (Å²) in [5.74, 6) is 0.411. The van der Waals surface area contributed by atoms with E-state index in [1.54, 1.807) is 0 Å². The van der Waals surface area contributed by atoms with Crippen LogP contribution in [0.1, 0.15) is 33.6 Å². The largest absolute Gasteiger partial charge is 0.344 e. The Morgan fingerprint density at radius 1 is 1.09 bits per heavy atom. The predicted molar refractivity (Wildman–Crippen MR) is 42.2 cm³/mol. The van der Waals surface area contributed by atoms with E-state index in [0.29, 0.717) is 5.92 Å². The molecule has 1 aliphatic carbocycles. The molecule has 0 aromatic heterocycles. The zero-order valence-electron chi connectivity index (χ0n) is 7.46. The molecule has 11 heavy (non-hydrogen) atoms. The van der Waals surface area contributed by atoms with Crippen molar-refractivity contribution in [2.24, 2.45) is 5.92 Å². The highest BCUT2D eigenvalue weighted by Crippen LogP contribution is 2.46. The van der Waals surface area contributed by atoms with Crippen LogP contribution in [0, 0.1) is 5.92 Å². The van der Waals surface area contributed by atoms with Gasteiger partial charge in [0.05, 0.1) is 12.2 Å². The van der Waals surface area contributed by atoms with Gasteiger partial charge in [-0.15, -0.1) is 0 Å². The maximum absolute atomic E-state index is 5.76. The van der Waals surface area contributed by atoms with Gasteiger partial charge in [0.2, 0.25) is 0 Å². The quantitative estimate of drug-likeness (QED) is 0.577. The molecule has 3 atom stereocenters. The van der Waals surface area contributed by atoms with E-state index in [0.717, 1.165) is 0 Å². The lowest BCUT2D eigenvalue weighted by Gasteiger charge is -2.22. The van der Waals surface area contributed by atoms with Gasteiger partial charge in [0.15, 0.2) is 5.79 Å². The SMILES string of the molecule is C[C@@H]1OC(C)(C2CC2)O[C@@H]1C. The fourth-order valence-corrected chi connectivity index (χ4v) is 1.76. The minimum atomic E-state index is -0.251. The lowest BCUT2D eigenvalue weighted by molar-refractivity contribution is -0.173. The van der Waals surface area contributed by atoms with Gasteiger partial charge in [-0.1, -0.05) is 0 Å². The van der Waals surface area contributed by atoms with Crippen molar-refractivity contribution in [2.45, 2.75) is 51.6 Å². The summed E-state index contributed by atoms with van der Waals surface area (Å²) in [5.41, 5.74) is 0. The average molecular weight is 156 g/mol. The van der Waals surface area contributed by atoms with E-state index in [1.807, 2.05) is 0 Å². The molecular weight excluding hydrogens is 140 g/mol. The van der Waals surface area contributed by atoms with Crippen LogP contribution in [-0.4, -0.2) is 18.0 Å². The molecule has 2 aliphatic rings. The molecule has 0 amide bonds. The summed E-state index contributed by atoms with van der Waals surface area (Å²) in [6.07, 6.45) is 3.08. The normalized spacial score (nSPS) is 51.5. The molecule has 2 heteroatoms. The summed E-state index contributed by atoms with van der Waals surface area (Å²) in [4.78, 5) is 0. The molecule has 0 bridgehead atoms. The number of rotatable bonds is 1. The Morgan fingerprint density at radius 3 is 1.91 bits per heavy atom. The Labute approximate surface area is 67.9 Å². The van der Waals surface area contributed by atoms with Crippen LogP contribution in [0.2, 0.25) is 0 Å². The molecule has 1 saturated heterocycles. The van der Waals surface area contributed by atoms with E-state index in [9.17, 15) is 0 Å². The van der Waals surface area contributed by atoms with Gasteiger partial charge in [0.1, 0.15) is 0 Å². The van der Waals surface area contributed by atoms with Gasteiger partial charge >= 0.3 is 0 Å². The molecule has 2 fully saturated rings. The van der Waals surface area contributed by atoms with Crippen LogP contribution in [-0.2, 0) is 9.47 Å². The van der Waals surface area contributed by atoms with Crippen LogP contribution < -0.4 is 0 Å². The van der Waals surface area contributed by atoms with Gasteiger partial charge in [0.25, 0.3) is 0 Å². The first-order valence-corrected chi connectivity index (χ1v) is 4.47. The minimum absolute atomic E-state index is 0.251. The Bertz CT molecular complexity index is 153. The van der Waals surface area contributed by atoms with Crippen LogP contribution in [0.15, 0.2) is 0 Å². The number of hydrogen-bond acceptors (Lipinski definition) is 2. The summed E-state index contributed by atoms with van der Waals surface area (Å²) in [7, 11) is 0. The molecule has 1 unspecified atom stereocenters. The maximum Gasteiger partial charge on any atom is 0.169 e. The highest BCUT2D eigenvalue weighted by Gasteiger charge is 2.50. The molecule has 1 heterocycles. The Hall–Kier alpha value is -0.0800. The second kappa shape index (κ2) is 2.20. The topological polar surface area (TPSA) is 18.5 Å². The zero-order valence-corrected chi connectivity index (χ0v) is 7.46. The highest BCUT2D eigenvalue weighted by molar-refractivity contribution is 4.91. The summed E-state index contributed by atoms with van der Waals surface area (Å²) in [6, 6.07) is 0. The zero-order chi connectivity index (χ0) is 8.06. The van der Waals surface area contributed by atoms with Crippen LogP contribution in [0.4, 0.5) is 0 Å². The van der Waals surface area contributed by atoms with E-state index in [-0.39, 0.29) is 18.0 Å². The Balaban J connectivity index is 2.05. The van der Waals surface area contributed by atoms with Crippen LogP contribution in [0.3, 0.4) is 0 Å². The molecule has 64 valence electrons. The van der Waals surface area contributed by atoms with Gasteiger partial charge in [-0.25, -0.2) is 0 Å². The van der Waals surface area contributed by atoms with Gasteiger partial charge in [-0.2, -0.15) is 0 Å². The molecule has 0 aromatic carbocycles. The lowest BCUT2D eigenvalue weighted by Crippen LogP contribution is -2.29. The van der Waals surface area contributed by atoms with Crippen molar-refractivity contribution in [1.29, 1.82) is 0 Å². The third-order valence-corrected chi connectivity index (χ3v) is 2.82. The second-order valence-corrected chi connectivity index (χ2v) is 3.94. The third-order valence-electron chi connectivity index (χ3n) is 2.82. The van der Waals surface area contributed by atoms with E-state index in [2.05, 4.69) is 20.8 Å². The maximum atomic E-state index is 5.76. The van der Waals surface area contributed by atoms with Crippen molar-refractivity contribution in [3.05, 3.63) is 0 Å². The third kappa shape index (κ3) is 1.18. The number of ether oxygens (including phenoxy) is 2. The molecule has 0 radical (unpaired) electrons. The predicted octanol–water partition coefficient (Wildman–Crippen LogP) is 1.94. The molecule has 0 N–H and O–H groups in total. The van der Waals surface area contributed by atoms with Crippen molar-refractivity contribution in [2.75, 3.05) is 0 Å². The van der Waals surface area contributed by atoms with Gasteiger partial charge in [0, 0.05) is 5.92 Å². The fourth-order valence-electron chi connectivity index (χ4n) is 1.76. The van der Waals surface area contributed by atoms with Gasteiger partial charge < -0.3 is 9.47 Å². The highest BCUT2D eigenvalue weighted by atomic mass is 16.8. The molecule has 2 nitrogen and oxygen atoms in total. The summed E-state index contributed by atoms with van der Waals surface area (Å²) in [6.45, 7) is 6.24. The Morgan fingerprint density at radius 2 is 1.55 bits per heavy atom. The summed E-state index contributed by atoms with van der Waals surface area (Å²) >= 11 is 0. The number of hydrogen-bond donors (Lipinski definition) is 0. The smallest absolute Gasteiger partial charge is 0.169 e. The van der Waals surface area contributed by atoms with Crippen molar-refractivity contribution in [1.82, 2.24) is 0 Å². The first-order valence-electron chi connectivity index (χ1n) is 4.47. The molecule has 2 rings (SSSR count). The minimum Gasteiger partial charge on any atom is -0.344 e. The fraction of sp³-hybridized carbons (Fsp3) is 1.00. The monoisotopic (exact) mass is 156 g/mol. The van der Waals surface area contributed by atoms with Crippen molar-refractivity contribution < 1.29 is 9.47 Å². The van der Waals surface area contributed by atoms with Crippen LogP contribution in [0.25, 0.3) is 0 Å². The average Bonchev–Trinajstić information content (AvgIpc) is 2.64. The molecule has 0 spiro atoms. The van der Waals surface area contributed by atoms with Crippen molar-refractivity contribution in [3.63, 3.8) is 0 Å². The van der Waals surface area contributed by atoms with Crippen molar-refractivity contribution >= 4 is 0 Å². The van der Waals surface area contributed by atoms with Gasteiger partial charge in [-0.3, -0.25) is 0 Å². The standard InChI is InChI=1S/C9H16O2/c1-6-7(2)11-9(3,10-6)8-4-5-8/h6-8H,4-5H2,1-3H3/t6-,7+,9?. The van der Waals surface area contributed by atoms with E-state index >= 15 is 0 Å². The molecule has 1 saturated carbocycles. The van der Waals surface area contributed by atoms with Crippen LogP contribution >= 0.6 is 0 Å². The molecular formula is C9H16O2. The van der Waals surface area contributed by atoms with E-state index in [4.69, 9.17) is 9.47 Å². The van der Waals surface area contributed by atoms with Crippen LogP contribution in [0.5, 0.6) is 0 Å². The Kier molecular flexibility index (Phi) is 1.52. The van der Waals surface area contributed by atoms with E-state index in [1.165, 1.54) is 12.8 Å².